The molecule has 1 N–H and O–H groups in total. The van der Waals surface area contributed by atoms with Crippen LogP contribution >= 0.6 is 11.3 Å². The van der Waals surface area contributed by atoms with Crippen LogP contribution in [0.3, 0.4) is 0 Å². The minimum absolute atomic E-state index is 0.263. The number of urea groups is 1. The number of ether oxygens (including phenoxy) is 1. The molecular formula is C22H27F3N4O3S. The standard InChI is InChI=1S/C22H27F3N4O3S/c1-14-12-29(16-8-6-15(7-9-16)22(23,24)25)18(33-14)26-17(30)28-11-10-21(5,13-28)27-19(31)32-20(2,3)4/h6-9,12H,10-11,13H2,1-5H3,(H,27,31)/b26-18-/t21-/m1/s1. The molecule has 0 radical (unpaired) electrons. The SMILES string of the molecule is Cc1cn(-c2ccc(C(F)(F)F)cc2)/c(=N/C(=O)N2CC[C@@](C)(NC(=O)OC(C)(C)C)C2)s1. The number of thiazole rings is 1. The number of alkyl halides is 3. The van der Waals surface area contributed by atoms with Crippen molar-refractivity contribution >= 4 is 23.5 Å². The maximum atomic E-state index is 12.9. The van der Waals surface area contributed by atoms with Gasteiger partial charge in [0.2, 0.25) is 0 Å². The first-order valence-electron chi connectivity index (χ1n) is 10.4. The van der Waals surface area contributed by atoms with Crippen LogP contribution in [0.25, 0.3) is 5.69 Å². The quantitative estimate of drug-likeness (QED) is 0.661. The van der Waals surface area contributed by atoms with Crippen molar-refractivity contribution in [3.8, 4) is 5.69 Å². The Hall–Kier alpha value is -2.82. The normalized spacial score (nSPS) is 19.6. The van der Waals surface area contributed by atoms with Crippen LogP contribution in [0.4, 0.5) is 22.8 Å². The van der Waals surface area contributed by atoms with E-state index in [1.165, 1.54) is 28.4 Å². The Morgan fingerprint density at radius 2 is 1.82 bits per heavy atom. The Morgan fingerprint density at radius 1 is 1.18 bits per heavy atom. The van der Waals surface area contributed by atoms with Gasteiger partial charge in [-0.05, 0) is 65.3 Å². The van der Waals surface area contributed by atoms with Gasteiger partial charge in [0.15, 0.2) is 4.80 Å². The highest BCUT2D eigenvalue weighted by Gasteiger charge is 2.38. The van der Waals surface area contributed by atoms with Crippen molar-refractivity contribution < 1.29 is 27.5 Å². The number of rotatable bonds is 2. The molecule has 1 atom stereocenters. The predicted molar refractivity (Wildman–Crippen MR) is 118 cm³/mol. The van der Waals surface area contributed by atoms with Crippen molar-refractivity contribution in [2.75, 3.05) is 13.1 Å². The molecule has 7 nitrogen and oxygen atoms in total. The molecule has 3 amide bonds. The first kappa shape index (κ1) is 24.8. The van der Waals surface area contributed by atoms with E-state index < -0.39 is 35.0 Å². The number of carbonyl (C=O) groups excluding carboxylic acids is 2. The monoisotopic (exact) mass is 484 g/mol. The highest BCUT2D eigenvalue weighted by Crippen LogP contribution is 2.29. The zero-order valence-corrected chi connectivity index (χ0v) is 19.9. The van der Waals surface area contributed by atoms with E-state index in [0.29, 0.717) is 23.5 Å². The smallest absolute Gasteiger partial charge is 0.416 e. The first-order valence-corrected chi connectivity index (χ1v) is 11.2. The second kappa shape index (κ2) is 8.85. The van der Waals surface area contributed by atoms with E-state index >= 15 is 0 Å². The Kier molecular flexibility index (Phi) is 6.65. The van der Waals surface area contributed by atoms with Crippen LogP contribution in [0.2, 0.25) is 0 Å². The van der Waals surface area contributed by atoms with Crippen LogP contribution in [0, 0.1) is 6.92 Å². The molecule has 11 heteroatoms. The van der Waals surface area contributed by atoms with Crippen LogP contribution in [0.15, 0.2) is 35.5 Å². The number of hydrogen-bond donors (Lipinski definition) is 1. The van der Waals surface area contributed by atoms with Gasteiger partial charge in [-0.15, -0.1) is 11.3 Å². The second-order valence-corrected chi connectivity index (χ2v) is 10.5. The summed E-state index contributed by atoms with van der Waals surface area (Å²) in [6.07, 6.45) is -2.72. The minimum atomic E-state index is -4.42. The number of carbonyl (C=O) groups is 2. The van der Waals surface area contributed by atoms with E-state index in [1.807, 2.05) is 13.8 Å². The zero-order valence-electron chi connectivity index (χ0n) is 19.1. The van der Waals surface area contributed by atoms with Crippen LogP contribution in [0.5, 0.6) is 0 Å². The molecule has 3 rings (SSSR count). The highest BCUT2D eigenvalue weighted by atomic mass is 32.1. The van der Waals surface area contributed by atoms with Gasteiger partial charge in [-0.3, -0.25) is 4.57 Å². The summed E-state index contributed by atoms with van der Waals surface area (Å²) in [7, 11) is 0. The Labute approximate surface area is 193 Å². The lowest BCUT2D eigenvalue weighted by Gasteiger charge is -2.28. The molecule has 0 aliphatic carbocycles. The fraction of sp³-hybridized carbons (Fsp3) is 0.500. The molecule has 2 aromatic rings. The number of nitrogens with one attached hydrogen (secondary N) is 1. The summed E-state index contributed by atoms with van der Waals surface area (Å²) >= 11 is 1.26. The number of likely N-dealkylation sites (tertiary alicyclic amines) is 1. The molecule has 0 spiro atoms. The third-order valence-corrected chi connectivity index (χ3v) is 5.88. The fourth-order valence-electron chi connectivity index (χ4n) is 3.46. The molecule has 0 saturated carbocycles. The molecule has 0 unspecified atom stereocenters. The number of aromatic nitrogens is 1. The molecule has 33 heavy (non-hydrogen) atoms. The van der Waals surface area contributed by atoms with Gasteiger partial charge >= 0.3 is 18.3 Å². The summed E-state index contributed by atoms with van der Waals surface area (Å²) < 4.78 is 45.5. The lowest BCUT2D eigenvalue weighted by Crippen LogP contribution is -2.50. The fourth-order valence-corrected chi connectivity index (χ4v) is 4.28. The summed E-state index contributed by atoms with van der Waals surface area (Å²) in [6.45, 7) is 9.64. The van der Waals surface area contributed by atoms with Crippen LogP contribution in [-0.2, 0) is 10.9 Å². The number of aryl methyl sites for hydroxylation is 1. The summed E-state index contributed by atoms with van der Waals surface area (Å²) in [4.78, 5) is 31.9. The summed E-state index contributed by atoms with van der Waals surface area (Å²) in [6, 6.07) is 4.20. The van der Waals surface area contributed by atoms with E-state index in [2.05, 4.69) is 10.3 Å². The molecule has 1 fully saturated rings. The van der Waals surface area contributed by atoms with Crippen molar-refractivity contribution in [2.45, 2.75) is 58.4 Å². The highest BCUT2D eigenvalue weighted by molar-refractivity contribution is 7.09. The molecule has 1 aromatic carbocycles. The predicted octanol–water partition coefficient (Wildman–Crippen LogP) is 4.88. The van der Waals surface area contributed by atoms with Crippen LogP contribution in [-0.4, -0.2) is 45.8 Å². The number of hydrogen-bond acceptors (Lipinski definition) is 4. The summed E-state index contributed by atoms with van der Waals surface area (Å²) in [5, 5.41) is 2.83. The second-order valence-electron chi connectivity index (χ2n) is 9.29. The summed E-state index contributed by atoms with van der Waals surface area (Å²) in [5.41, 5.74) is -1.56. The summed E-state index contributed by atoms with van der Waals surface area (Å²) in [5.74, 6) is 0. The molecule has 180 valence electrons. The molecule has 0 bridgehead atoms. The van der Waals surface area contributed by atoms with E-state index in [-0.39, 0.29) is 6.54 Å². The molecule has 1 aromatic heterocycles. The molecule has 2 heterocycles. The number of halogens is 3. The van der Waals surface area contributed by atoms with Gasteiger partial charge < -0.3 is 15.0 Å². The molecular weight excluding hydrogens is 457 g/mol. The van der Waals surface area contributed by atoms with Gasteiger partial charge in [0.05, 0.1) is 11.1 Å². The van der Waals surface area contributed by atoms with Gasteiger partial charge in [-0.2, -0.15) is 18.2 Å². The topological polar surface area (TPSA) is 75.9 Å². The van der Waals surface area contributed by atoms with Crippen LogP contribution in [0.1, 0.15) is 44.6 Å². The van der Waals surface area contributed by atoms with E-state index in [4.69, 9.17) is 4.74 Å². The molecule has 1 aliphatic heterocycles. The van der Waals surface area contributed by atoms with Crippen LogP contribution < -0.4 is 10.1 Å². The number of amides is 3. The zero-order chi connectivity index (χ0) is 24.6. The van der Waals surface area contributed by atoms with Crippen molar-refractivity contribution in [2.24, 2.45) is 4.99 Å². The number of nitrogens with zero attached hydrogens (tertiary/aromatic N) is 3. The van der Waals surface area contributed by atoms with Crippen molar-refractivity contribution in [3.05, 3.63) is 45.7 Å². The van der Waals surface area contributed by atoms with E-state index in [9.17, 15) is 22.8 Å². The van der Waals surface area contributed by atoms with Gasteiger partial charge in [-0.25, -0.2) is 9.59 Å². The lowest BCUT2D eigenvalue weighted by atomic mass is 10.0. The van der Waals surface area contributed by atoms with Gasteiger partial charge in [0.1, 0.15) is 5.60 Å². The number of alkyl carbamates (subject to hydrolysis) is 1. The van der Waals surface area contributed by atoms with E-state index in [1.54, 1.807) is 31.5 Å². The Bertz CT molecular complexity index is 1100. The van der Waals surface area contributed by atoms with Gasteiger partial charge in [-0.1, -0.05) is 0 Å². The van der Waals surface area contributed by atoms with E-state index in [0.717, 1.165) is 17.0 Å². The third-order valence-electron chi connectivity index (χ3n) is 4.98. The van der Waals surface area contributed by atoms with Gasteiger partial charge in [0.25, 0.3) is 0 Å². The Balaban J connectivity index is 1.77. The minimum Gasteiger partial charge on any atom is -0.444 e. The largest absolute Gasteiger partial charge is 0.444 e. The third kappa shape index (κ3) is 6.37. The van der Waals surface area contributed by atoms with Gasteiger partial charge in [0, 0.05) is 29.9 Å². The first-order chi connectivity index (χ1) is 15.2. The lowest BCUT2D eigenvalue weighted by molar-refractivity contribution is -0.137. The average Bonchev–Trinajstić information content (AvgIpc) is 3.22. The maximum absolute atomic E-state index is 12.9. The average molecular weight is 485 g/mol. The van der Waals surface area contributed by atoms with Crippen molar-refractivity contribution in [3.63, 3.8) is 0 Å². The van der Waals surface area contributed by atoms with Crippen molar-refractivity contribution in [1.29, 1.82) is 0 Å². The maximum Gasteiger partial charge on any atom is 0.416 e. The van der Waals surface area contributed by atoms with Crippen molar-refractivity contribution in [1.82, 2.24) is 14.8 Å². The molecule has 1 saturated heterocycles. The molecule has 1 aliphatic rings. The Morgan fingerprint density at radius 3 is 2.39 bits per heavy atom. The number of benzene rings is 1.